The first-order valence-corrected chi connectivity index (χ1v) is 8.69. The third kappa shape index (κ3) is 2.56. The SMILES string of the molecule is O=C(C[C@H]1C[C@@H]2CC[C@@H]1C2)OCc1nc2ccsc2c(=O)[nH]1. The fourth-order valence-corrected chi connectivity index (χ4v) is 4.76. The van der Waals surface area contributed by atoms with Gasteiger partial charge in [-0.15, -0.1) is 11.3 Å². The normalized spacial score (nSPS) is 26.6. The molecule has 116 valence electrons. The first-order valence-electron chi connectivity index (χ1n) is 7.81. The minimum Gasteiger partial charge on any atom is -0.458 e. The number of rotatable bonds is 4. The summed E-state index contributed by atoms with van der Waals surface area (Å²) in [5, 5.41) is 1.83. The number of hydrogen-bond acceptors (Lipinski definition) is 5. The topological polar surface area (TPSA) is 72.0 Å². The van der Waals surface area contributed by atoms with Crippen LogP contribution in [0.1, 0.15) is 37.9 Å². The zero-order valence-electron chi connectivity index (χ0n) is 12.2. The molecule has 2 heterocycles. The van der Waals surface area contributed by atoms with Crippen molar-refractivity contribution in [2.45, 2.75) is 38.7 Å². The quantitative estimate of drug-likeness (QED) is 0.880. The Morgan fingerprint density at radius 1 is 1.41 bits per heavy atom. The van der Waals surface area contributed by atoms with Gasteiger partial charge in [0.05, 0.1) is 5.52 Å². The molecule has 2 aliphatic rings. The number of aromatic nitrogens is 2. The molecule has 0 unspecified atom stereocenters. The predicted molar refractivity (Wildman–Crippen MR) is 83.6 cm³/mol. The summed E-state index contributed by atoms with van der Waals surface area (Å²) in [6.45, 7) is 0.0423. The molecule has 5 nitrogen and oxygen atoms in total. The molecule has 0 amide bonds. The highest BCUT2D eigenvalue weighted by Gasteiger charge is 2.40. The number of esters is 1. The van der Waals surface area contributed by atoms with E-state index >= 15 is 0 Å². The molecule has 22 heavy (non-hydrogen) atoms. The Morgan fingerprint density at radius 2 is 2.32 bits per heavy atom. The number of carbonyl (C=O) groups is 1. The Hall–Kier alpha value is -1.69. The summed E-state index contributed by atoms with van der Waals surface area (Å²) in [7, 11) is 0. The van der Waals surface area contributed by atoms with Crippen molar-refractivity contribution in [2.24, 2.45) is 17.8 Å². The highest BCUT2D eigenvalue weighted by molar-refractivity contribution is 7.17. The van der Waals surface area contributed by atoms with Gasteiger partial charge in [-0.25, -0.2) is 4.98 Å². The van der Waals surface area contributed by atoms with Crippen LogP contribution in [0, 0.1) is 17.8 Å². The smallest absolute Gasteiger partial charge is 0.306 e. The van der Waals surface area contributed by atoms with Crippen molar-refractivity contribution >= 4 is 27.5 Å². The van der Waals surface area contributed by atoms with Gasteiger partial charge in [-0.1, -0.05) is 6.42 Å². The monoisotopic (exact) mass is 318 g/mol. The summed E-state index contributed by atoms with van der Waals surface area (Å²) in [4.78, 5) is 30.8. The Bertz CT molecular complexity index is 766. The summed E-state index contributed by atoms with van der Waals surface area (Å²) in [6.07, 6.45) is 5.58. The number of hydrogen-bond donors (Lipinski definition) is 1. The van der Waals surface area contributed by atoms with Gasteiger partial charge in [-0.2, -0.15) is 0 Å². The first-order chi connectivity index (χ1) is 10.7. The number of H-pyrrole nitrogens is 1. The number of nitrogens with zero attached hydrogens (tertiary/aromatic N) is 1. The van der Waals surface area contributed by atoms with E-state index in [0.717, 1.165) is 11.8 Å². The lowest BCUT2D eigenvalue weighted by molar-refractivity contribution is -0.146. The first kappa shape index (κ1) is 13.9. The van der Waals surface area contributed by atoms with Gasteiger partial charge in [0.1, 0.15) is 17.1 Å². The van der Waals surface area contributed by atoms with E-state index < -0.39 is 0 Å². The summed E-state index contributed by atoms with van der Waals surface area (Å²) < 4.78 is 5.92. The van der Waals surface area contributed by atoms with Gasteiger partial charge in [0, 0.05) is 6.42 Å². The van der Waals surface area contributed by atoms with Crippen LogP contribution in [-0.4, -0.2) is 15.9 Å². The summed E-state index contributed by atoms with van der Waals surface area (Å²) in [6, 6.07) is 1.80. The Kier molecular flexibility index (Phi) is 3.48. The molecule has 3 atom stereocenters. The molecule has 2 aromatic heterocycles. The zero-order chi connectivity index (χ0) is 15.1. The predicted octanol–water partition coefficient (Wildman–Crippen LogP) is 2.85. The van der Waals surface area contributed by atoms with Crippen LogP contribution >= 0.6 is 11.3 Å². The summed E-state index contributed by atoms with van der Waals surface area (Å²) >= 11 is 1.36. The van der Waals surface area contributed by atoms with Crippen LogP contribution in [0.15, 0.2) is 16.2 Å². The lowest BCUT2D eigenvalue weighted by atomic mass is 9.86. The maximum Gasteiger partial charge on any atom is 0.306 e. The minimum atomic E-state index is -0.175. The van der Waals surface area contributed by atoms with E-state index in [-0.39, 0.29) is 18.1 Å². The van der Waals surface area contributed by atoms with Crippen molar-refractivity contribution in [3.05, 3.63) is 27.6 Å². The largest absolute Gasteiger partial charge is 0.458 e. The number of aromatic amines is 1. The highest BCUT2D eigenvalue weighted by atomic mass is 32.1. The molecule has 2 fully saturated rings. The van der Waals surface area contributed by atoms with Crippen molar-refractivity contribution in [1.82, 2.24) is 9.97 Å². The van der Waals surface area contributed by atoms with Crippen LogP contribution in [0.3, 0.4) is 0 Å². The molecule has 4 rings (SSSR count). The fourth-order valence-electron chi connectivity index (χ4n) is 4.04. The third-order valence-corrected chi connectivity index (χ3v) is 5.95. The second kappa shape index (κ2) is 5.50. The van der Waals surface area contributed by atoms with Crippen molar-refractivity contribution in [3.63, 3.8) is 0 Å². The average Bonchev–Trinajstić information content (AvgIpc) is 3.20. The number of nitrogens with one attached hydrogen (secondary N) is 1. The van der Waals surface area contributed by atoms with Gasteiger partial charge in [0.2, 0.25) is 0 Å². The lowest BCUT2D eigenvalue weighted by Crippen LogP contribution is -2.18. The number of ether oxygens (including phenoxy) is 1. The van der Waals surface area contributed by atoms with E-state index in [0.29, 0.717) is 28.4 Å². The highest BCUT2D eigenvalue weighted by Crippen LogP contribution is 2.49. The molecule has 0 saturated heterocycles. The molecule has 6 heteroatoms. The Balaban J connectivity index is 1.37. The lowest BCUT2D eigenvalue weighted by Gasteiger charge is -2.20. The molecule has 0 aromatic carbocycles. The van der Waals surface area contributed by atoms with Gasteiger partial charge >= 0.3 is 5.97 Å². The number of thiophene rings is 1. The van der Waals surface area contributed by atoms with Crippen molar-refractivity contribution in [1.29, 1.82) is 0 Å². The molecule has 0 aliphatic heterocycles. The van der Waals surface area contributed by atoms with E-state index in [4.69, 9.17) is 4.74 Å². The standard InChI is InChI=1S/C16H18N2O3S/c19-14(7-11-6-9-1-2-10(11)5-9)21-8-13-17-12-3-4-22-15(12)16(20)18-13/h3-4,9-11H,1-2,5-8H2,(H,17,18,20)/t9-,10-,11-/m1/s1. The van der Waals surface area contributed by atoms with Crippen LogP contribution in [0.2, 0.25) is 0 Å². The van der Waals surface area contributed by atoms with Crippen LogP contribution in [-0.2, 0) is 16.1 Å². The van der Waals surface area contributed by atoms with E-state index in [1.807, 2.05) is 5.38 Å². The van der Waals surface area contributed by atoms with E-state index in [9.17, 15) is 9.59 Å². The molecule has 1 N–H and O–H groups in total. The molecule has 0 spiro atoms. The van der Waals surface area contributed by atoms with Crippen LogP contribution in [0.25, 0.3) is 10.2 Å². The van der Waals surface area contributed by atoms with Gasteiger partial charge in [0.25, 0.3) is 5.56 Å². The number of carbonyl (C=O) groups excluding carboxylic acids is 1. The van der Waals surface area contributed by atoms with E-state index in [1.165, 1.54) is 37.0 Å². The Morgan fingerprint density at radius 3 is 3.09 bits per heavy atom. The van der Waals surface area contributed by atoms with Gasteiger partial charge in [-0.3, -0.25) is 9.59 Å². The van der Waals surface area contributed by atoms with Gasteiger partial charge in [0.15, 0.2) is 0 Å². The molecule has 2 bridgehead atoms. The Labute approximate surface area is 131 Å². The second-order valence-corrected chi connectivity index (χ2v) is 7.36. The molecule has 0 radical (unpaired) electrons. The van der Waals surface area contributed by atoms with Crippen molar-refractivity contribution < 1.29 is 9.53 Å². The summed E-state index contributed by atoms with van der Waals surface area (Å²) in [5.74, 6) is 2.29. The van der Waals surface area contributed by atoms with Crippen LogP contribution in [0.4, 0.5) is 0 Å². The zero-order valence-corrected chi connectivity index (χ0v) is 13.0. The molecular weight excluding hydrogens is 300 g/mol. The summed E-state index contributed by atoms with van der Waals surface area (Å²) in [5.41, 5.74) is 0.493. The van der Waals surface area contributed by atoms with Gasteiger partial charge < -0.3 is 9.72 Å². The van der Waals surface area contributed by atoms with Crippen LogP contribution < -0.4 is 5.56 Å². The van der Waals surface area contributed by atoms with E-state index in [1.54, 1.807) is 6.07 Å². The molecular formula is C16H18N2O3S. The maximum atomic E-state index is 12.0. The van der Waals surface area contributed by atoms with Crippen molar-refractivity contribution in [3.8, 4) is 0 Å². The van der Waals surface area contributed by atoms with E-state index in [2.05, 4.69) is 9.97 Å². The maximum absolute atomic E-state index is 12.0. The van der Waals surface area contributed by atoms with Gasteiger partial charge in [-0.05, 0) is 48.5 Å². The molecule has 2 saturated carbocycles. The fraction of sp³-hybridized carbons (Fsp3) is 0.562. The minimum absolute atomic E-state index is 0.0423. The second-order valence-electron chi connectivity index (χ2n) is 6.45. The van der Waals surface area contributed by atoms with Crippen LogP contribution in [0.5, 0.6) is 0 Å². The number of fused-ring (bicyclic) bond motifs is 3. The molecule has 2 aliphatic carbocycles. The average molecular weight is 318 g/mol. The molecule has 2 aromatic rings. The van der Waals surface area contributed by atoms with Crippen molar-refractivity contribution in [2.75, 3.05) is 0 Å². The third-order valence-electron chi connectivity index (χ3n) is 5.05.